The highest BCUT2D eigenvalue weighted by Gasteiger charge is 2.23. The first kappa shape index (κ1) is 39.9. The lowest BCUT2D eigenvalue weighted by Gasteiger charge is -2.27. The maximum absolute atomic E-state index is 11.0. The van der Waals surface area contributed by atoms with Crippen LogP contribution in [0.5, 0.6) is 0 Å². The van der Waals surface area contributed by atoms with Crippen LogP contribution in [-0.4, -0.2) is 63.2 Å². The first-order valence-corrected chi connectivity index (χ1v) is 19.1. The van der Waals surface area contributed by atoms with Crippen molar-refractivity contribution in [3.8, 4) is 23.7 Å². The minimum absolute atomic E-state index is 0.306. The zero-order chi connectivity index (χ0) is 34.1. The van der Waals surface area contributed by atoms with Crippen LogP contribution in [0.3, 0.4) is 0 Å². The Morgan fingerprint density at radius 2 is 0.917 bits per heavy atom. The van der Waals surface area contributed by atoms with E-state index in [1.165, 1.54) is 12.2 Å². The van der Waals surface area contributed by atoms with Gasteiger partial charge in [-0.3, -0.25) is 0 Å². The van der Waals surface area contributed by atoms with Crippen LogP contribution < -0.4 is 5.32 Å². The lowest BCUT2D eigenvalue weighted by molar-refractivity contribution is -0.138. The van der Waals surface area contributed by atoms with E-state index in [1.807, 2.05) is 0 Å². The Morgan fingerprint density at radius 1 is 0.521 bits per heavy atom. The van der Waals surface area contributed by atoms with Crippen LogP contribution in [0.1, 0.15) is 128 Å². The molecule has 0 spiro atoms. The van der Waals surface area contributed by atoms with Gasteiger partial charge in [-0.1, -0.05) is 75.4 Å². The van der Waals surface area contributed by atoms with E-state index in [2.05, 4.69) is 42.2 Å². The number of rotatable bonds is 20. The molecule has 0 bridgehead atoms. The summed E-state index contributed by atoms with van der Waals surface area (Å²) in [6.45, 7) is 10.4. The van der Waals surface area contributed by atoms with Gasteiger partial charge in [0.15, 0.2) is 0 Å². The van der Waals surface area contributed by atoms with Crippen molar-refractivity contribution in [2.24, 2.45) is 17.8 Å². The van der Waals surface area contributed by atoms with Crippen molar-refractivity contribution < 1.29 is 28.5 Å². The lowest BCUT2D eigenvalue weighted by atomic mass is 9.86. The summed E-state index contributed by atoms with van der Waals surface area (Å²) in [6, 6.07) is 0.306. The van der Waals surface area contributed by atoms with E-state index in [1.54, 1.807) is 0 Å². The monoisotopic (exact) mass is 665 g/mol. The van der Waals surface area contributed by atoms with Gasteiger partial charge in [-0.25, -0.2) is 9.59 Å². The second kappa shape index (κ2) is 25.4. The molecule has 2 atom stereocenters. The van der Waals surface area contributed by atoms with E-state index in [-0.39, 0.29) is 11.9 Å². The molecule has 1 N–H and O–H groups in total. The van der Waals surface area contributed by atoms with E-state index in [9.17, 15) is 9.59 Å². The summed E-state index contributed by atoms with van der Waals surface area (Å²) >= 11 is 0. The summed E-state index contributed by atoms with van der Waals surface area (Å²) in [7, 11) is 0. The van der Waals surface area contributed by atoms with Gasteiger partial charge in [0.05, 0.1) is 31.5 Å². The van der Waals surface area contributed by atoms with Crippen LogP contribution in [0.25, 0.3) is 0 Å². The van der Waals surface area contributed by atoms with Crippen LogP contribution in [0.15, 0.2) is 25.3 Å². The Bertz CT molecular complexity index is 958. The van der Waals surface area contributed by atoms with Crippen molar-refractivity contribution in [1.82, 2.24) is 5.32 Å². The molecule has 2 unspecified atom stereocenters. The lowest BCUT2D eigenvalue weighted by Crippen LogP contribution is -2.37. The fourth-order valence-electron chi connectivity index (χ4n) is 6.74. The molecule has 3 fully saturated rings. The molecule has 7 nitrogen and oxygen atoms in total. The van der Waals surface area contributed by atoms with Gasteiger partial charge in [-0.05, 0) is 89.9 Å². The molecule has 3 rings (SSSR count). The zero-order valence-corrected chi connectivity index (χ0v) is 29.7. The minimum Gasteiger partial charge on any atom is -0.463 e. The summed E-state index contributed by atoms with van der Waals surface area (Å²) in [5.74, 6) is 15.2. The number of carbonyl (C=O) groups excluding carboxylic acids is 2. The average Bonchev–Trinajstić information content (AvgIpc) is 3.12. The number of piperidine rings is 1. The van der Waals surface area contributed by atoms with E-state index >= 15 is 0 Å². The molecule has 2 saturated carbocycles. The number of hydrogen-bond donors (Lipinski definition) is 1. The highest BCUT2D eigenvalue weighted by atomic mass is 16.5. The SMILES string of the molecule is C=CC(=O)OCCCCCCCOC1CCC(C#CC2CCC(C#CC3CCC(OCCCCCCCOC(=O)C=C)CC3)NC2)CC1. The van der Waals surface area contributed by atoms with E-state index in [4.69, 9.17) is 18.9 Å². The van der Waals surface area contributed by atoms with Crippen LogP contribution in [0.4, 0.5) is 0 Å². The quantitative estimate of drug-likeness (QED) is 0.0613. The van der Waals surface area contributed by atoms with E-state index in [0.29, 0.717) is 49.2 Å². The molecule has 0 aromatic rings. The fourth-order valence-corrected chi connectivity index (χ4v) is 6.74. The molecule has 1 heterocycles. The van der Waals surface area contributed by atoms with Gasteiger partial charge < -0.3 is 24.3 Å². The molecule has 0 aromatic heterocycles. The second-order valence-corrected chi connectivity index (χ2v) is 13.8. The van der Waals surface area contributed by atoms with Crippen LogP contribution in [0, 0.1) is 41.4 Å². The number of ether oxygens (including phenoxy) is 4. The second-order valence-electron chi connectivity index (χ2n) is 13.8. The molecule has 7 heteroatoms. The first-order chi connectivity index (χ1) is 23.6. The number of carbonyl (C=O) groups is 2. The Balaban J connectivity index is 1.14. The number of unbranched alkanes of at least 4 members (excludes halogenated alkanes) is 8. The van der Waals surface area contributed by atoms with Crippen molar-refractivity contribution in [1.29, 1.82) is 0 Å². The van der Waals surface area contributed by atoms with Gasteiger partial charge in [0.2, 0.25) is 0 Å². The van der Waals surface area contributed by atoms with Crippen LogP contribution in [-0.2, 0) is 28.5 Å². The van der Waals surface area contributed by atoms with Crippen molar-refractivity contribution in [2.75, 3.05) is 33.0 Å². The summed E-state index contributed by atoms with van der Waals surface area (Å²) in [6.07, 6.45) is 25.4. The van der Waals surface area contributed by atoms with Crippen molar-refractivity contribution in [2.45, 2.75) is 147 Å². The molecular weight excluding hydrogens is 602 g/mol. The third-order valence-corrected chi connectivity index (χ3v) is 9.82. The molecule has 0 radical (unpaired) electrons. The first-order valence-electron chi connectivity index (χ1n) is 19.1. The van der Waals surface area contributed by atoms with E-state index in [0.717, 1.165) is 148 Å². The van der Waals surface area contributed by atoms with Gasteiger partial charge in [-0.15, -0.1) is 0 Å². The van der Waals surface area contributed by atoms with Crippen molar-refractivity contribution in [3.05, 3.63) is 25.3 Å². The molecule has 1 aliphatic heterocycles. The summed E-state index contributed by atoms with van der Waals surface area (Å²) < 4.78 is 22.3. The Hall–Kier alpha value is -2.58. The Kier molecular flexibility index (Phi) is 21.1. The predicted octanol–water partition coefficient (Wildman–Crippen LogP) is 7.87. The maximum Gasteiger partial charge on any atom is 0.330 e. The average molecular weight is 666 g/mol. The van der Waals surface area contributed by atoms with E-state index < -0.39 is 0 Å². The van der Waals surface area contributed by atoms with Crippen molar-refractivity contribution >= 4 is 11.9 Å². The Labute approximate surface area is 291 Å². The Morgan fingerprint density at radius 3 is 1.35 bits per heavy atom. The van der Waals surface area contributed by atoms with Crippen molar-refractivity contribution in [3.63, 3.8) is 0 Å². The van der Waals surface area contributed by atoms with Gasteiger partial charge in [0, 0.05) is 49.7 Å². The predicted molar refractivity (Wildman–Crippen MR) is 192 cm³/mol. The molecule has 268 valence electrons. The summed E-state index contributed by atoms with van der Waals surface area (Å²) in [5, 5.41) is 3.66. The summed E-state index contributed by atoms with van der Waals surface area (Å²) in [4.78, 5) is 22.0. The largest absolute Gasteiger partial charge is 0.463 e. The normalized spacial score (nSPS) is 25.4. The number of hydrogen-bond acceptors (Lipinski definition) is 7. The molecule has 2 aliphatic carbocycles. The molecule has 3 aliphatic rings. The topological polar surface area (TPSA) is 83.1 Å². The van der Waals surface area contributed by atoms with Gasteiger partial charge in [0.1, 0.15) is 0 Å². The zero-order valence-electron chi connectivity index (χ0n) is 29.7. The molecular formula is C41H63NO6. The smallest absolute Gasteiger partial charge is 0.330 e. The standard InChI is InChI=1S/C41H63NO6/c1-3-40(43)47-31-13-9-5-7-11-29-45-38-25-19-34(20-26-38)15-16-36-18-24-37(42-33-36)23-17-35-21-27-39(28-22-35)46-30-12-8-6-10-14-32-48-41(44)4-2/h3-4,34-39,42H,1-2,5-14,18-22,24-33H2. The third-order valence-electron chi connectivity index (χ3n) is 9.82. The fraction of sp³-hybridized carbons (Fsp3) is 0.756. The van der Waals surface area contributed by atoms with Crippen LogP contribution in [0.2, 0.25) is 0 Å². The molecule has 1 saturated heterocycles. The highest BCUT2D eigenvalue weighted by molar-refractivity contribution is 5.81. The third kappa shape index (κ3) is 18.3. The van der Waals surface area contributed by atoms with Crippen LogP contribution >= 0.6 is 0 Å². The molecule has 48 heavy (non-hydrogen) atoms. The molecule has 0 amide bonds. The summed E-state index contributed by atoms with van der Waals surface area (Å²) in [5.41, 5.74) is 0. The number of nitrogens with one attached hydrogen (secondary N) is 1. The minimum atomic E-state index is -0.333. The number of esters is 2. The van der Waals surface area contributed by atoms with Gasteiger partial charge >= 0.3 is 11.9 Å². The molecule has 0 aromatic carbocycles. The maximum atomic E-state index is 11.0. The van der Waals surface area contributed by atoms with Gasteiger partial charge in [-0.2, -0.15) is 0 Å². The van der Waals surface area contributed by atoms with Gasteiger partial charge in [0.25, 0.3) is 0 Å². The highest BCUT2D eigenvalue weighted by Crippen LogP contribution is 2.28.